The lowest BCUT2D eigenvalue weighted by atomic mass is 9.90. The van der Waals surface area contributed by atoms with Crippen molar-refractivity contribution in [3.8, 4) is 0 Å². The molecular weight excluding hydrogens is 140 g/mol. The third kappa shape index (κ3) is 2.48. The highest BCUT2D eigenvalue weighted by atomic mass is 16.3. The molecule has 0 amide bonds. The fourth-order valence-corrected chi connectivity index (χ4v) is 1.47. The van der Waals surface area contributed by atoms with Gasteiger partial charge >= 0.3 is 0 Å². The van der Waals surface area contributed by atoms with Gasteiger partial charge in [-0.15, -0.1) is 0 Å². The molecule has 0 spiro atoms. The van der Waals surface area contributed by atoms with Crippen molar-refractivity contribution in [3.63, 3.8) is 0 Å². The third-order valence-electron chi connectivity index (χ3n) is 1.89. The van der Waals surface area contributed by atoms with Crippen LogP contribution in [0.25, 0.3) is 0 Å². The van der Waals surface area contributed by atoms with Gasteiger partial charge in [0.25, 0.3) is 0 Å². The second-order valence-corrected chi connectivity index (χ2v) is 3.01. The Hall–Kier alpha value is -0.600. The second kappa shape index (κ2) is 3.69. The van der Waals surface area contributed by atoms with E-state index >= 15 is 0 Å². The van der Waals surface area contributed by atoms with E-state index in [1.165, 1.54) is 0 Å². The Morgan fingerprint density at radius 1 is 1.27 bits per heavy atom. The lowest BCUT2D eigenvalue weighted by Crippen LogP contribution is -2.24. The molecule has 2 N–H and O–H groups in total. The van der Waals surface area contributed by atoms with Gasteiger partial charge in [0.15, 0.2) is 0 Å². The van der Waals surface area contributed by atoms with Gasteiger partial charge in [0, 0.05) is 0 Å². The molecule has 0 radical (unpaired) electrons. The molecule has 0 aromatic carbocycles. The van der Waals surface area contributed by atoms with Crippen LogP contribution in [-0.4, -0.2) is 22.4 Å². The highest BCUT2D eigenvalue weighted by molar-refractivity contribution is 5.14. The van der Waals surface area contributed by atoms with E-state index in [1.54, 1.807) is 6.08 Å². The van der Waals surface area contributed by atoms with Crippen molar-refractivity contribution >= 4 is 0 Å². The Morgan fingerprint density at radius 3 is 2.27 bits per heavy atom. The zero-order valence-corrected chi connectivity index (χ0v) is 6.53. The molecule has 2 heteroatoms. The third-order valence-corrected chi connectivity index (χ3v) is 1.89. The SMILES string of the molecule is C=CC=C1C[C@@H](O)C[C@H](O)C1. The molecule has 2 nitrogen and oxygen atoms in total. The maximum absolute atomic E-state index is 9.24. The van der Waals surface area contributed by atoms with Gasteiger partial charge in [-0.1, -0.05) is 24.3 Å². The molecule has 0 aromatic heterocycles. The quantitative estimate of drug-likeness (QED) is 0.591. The minimum Gasteiger partial charge on any atom is -0.393 e. The first kappa shape index (κ1) is 8.50. The van der Waals surface area contributed by atoms with Gasteiger partial charge in [0.2, 0.25) is 0 Å². The summed E-state index contributed by atoms with van der Waals surface area (Å²) in [5, 5.41) is 18.5. The van der Waals surface area contributed by atoms with Crippen LogP contribution in [0.15, 0.2) is 24.3 Å². The molecule has 0 saturated heterocycles. The van der Waals surface area contributed by atoms with Crippen molar-refractivity contribution in [2.24, 2.45) is 0 Å². The van der Waals surface area contributed by atoms with Gasteiger partial charge in [0.1, 0.15) is 0 Å². The summed E-state index contributed by atoms with van der Waals surface area (Å²) in [4.78, 5) is 0. The van der Waals surface area contributed by atoms with Gasteiger partial charge in [-0.05, 0) is 19.3 Å². The number of hydrogen-bond acceptors (Lipinski definition) is 2. The summed E-state index contributed by atoms with van der Waals surface area (Å²) in [7, 11) is 0. The second-order valence-electron chi connectivity index (χ2n) is 3.01. The minimum atomic E-state index is -0.370. The molecular formula is C9H14O2. The predicted molar refractivity (Wildman–Crippen MR) is 44.1 cm³/mol. The summed E-state index contributed by atoms with van der Waals surface area (Å²) in [6, 6.07) is 0. The van der Waals surface area contributed by atoms with E-state index in [2.05, 4.69) is 6.58 Å². The van der Waals surface area contributed by atoms with Gasteiger partial charge in [-0.2, -0.15) is 0 Å². The smallest absolute Gasteiger partial charge is 0.0602 e. The first-order valence-corrected chi connectivity index (χ1v) is 3.89. The highest BCUT2D eigenvalue weighted by Crippen LogP contribution is 2.23. The summed E-state index contributed by atoms with van der Waals surface area (Å²) < 4.78 is 0. The summed E-state index contributed by atoms with van der Waals surface area (Å²) in [5.41, 5.74) is 1.09. The van der Waals surface area contributed by atoms with E-state index in [9.17, 15) is 10.2 Å². The maximum atomic E-state index is 9.24. The molecule has 0 aliphatic heterocycles. The zero-order chi connectivity index (χ0) is 8.27. The van der Waals surface area contributed by atoms with Gasteiger partial charge < -0.3 is 10.2 Å². The standard InChI is InChI=1S/C9H14O2/c1-2-3-7-4-8(10)6-9(11)5-7/h2-3,8-11H,1,4-6H2/t8-,9-/m1/s1. The van der Waals surface area contributed by atoms with Crippen molar-refractivity contribution in [2.75, 3.05) is 0 Å². The van der Waals surface area contributed by atoms with Gasteiger partial charge in [0.05, 0.1) is 12.2 Å². The van der Waals surface area contributed by atoms with Crippen molar-refractivity contribution in [1.29, 1.82) is 0 Å². The first-order chi connectivity index (χ1) is 5.22. The molecule has 1 saturated carbocycles. The van der Waals surface area contributed by atoms with Crippen molar-refractivity contribution < 1.29 is 10.2 Å². The molecule has 1 fully saturated rings. The van der Waals surface area contributed by atoms with Crippen LogP contribution in [0, 0.1) is 0 Å². The van der Waals surface area contributed by atoms with Crippen molar-refractivity contribution in [1.82, 2.24) is 0 Å². The van der Waals surface area contributed by atoms with Crippen molar-refractivity contribution in [2.45, 2.75) is 31.5 Å². The van der Waals surface area contributed by atoms with Crippen LogP contribution in [0.5, 0.6) is 0 Å². The maximum Gasteiger partial charge on any atom is 0.0602 e. The van der Waals surface area contributed by atoms with E-state index in [-0.39, 0.29) is 12.2 Å². The van der Waals surface area contributed by atoms with Crippen LogP contribution in [0.2, 0.25) is 0 Å². The van der Waals surface area contributed by atoms with Crippen LogP contribution in [-0.2, 0) is 0 Å². The van der Waals surface area contributed by atoms with Crippen LogP contribution in [0.3, 0.4) is 0 Å². The lowest BCUT2D eigenvalue weighted by molar-refractivity contribution is 0.0610. The summed E-state index contributed by atoms with van der Waals surface area (Å²) in [5.74, 6) is 0. The molecule has 11 heavy (non-hydrogen) atoms. The van der Waals surface area contributed by atoms with Gasteiger partial charge in [-0.3, -0.25) is 0 Å². The molecule has 0 aromatic rings. The summed E-state index contributed by atoms with van der Waals surface area (Å²) in [6.45, 7) is 3.57. The Morgan fingerprint density at radius 2 is 1.82 bits per heavy atom. The molecule has 0 heterocycles. The van der Waals surface area contributed by atoms with Crippen LogP contribution >= 0.6 is 0 Å². The molecule has 1 aliphatic carbocycles. The fourth-order valence-electron chi connectivity index (χ4n) is 1.47. The monoisotopic (exact) mass is 154 g/mol. The molecule has 1 rings (SSSR count). The Kier molecular flexibility index (Phi) is 2.85. The average Bonchev–Trinajstić information content (AvgIpc) is 1.85. The van der Waals surface area contributed by atoms with Crippen molar-refractivity contribution in [3.05, 3.63) is 24.3 Å². The fraction of sp³-hybridized carbons (Fsp3) is 0.556. The molecule has 62 valence electrons. The molecule has 0 unspecified atom stereocenters. The largest absolute Gasteiger partial charge is 0.393 e. The first-order valence-electron chi connectivity index (χ1n) is 3.89. The number of rotatable bonds is 1. The number of aliphatic hydroxyl groups is 2. The normalized spacial score (nSPS) is 31.6. The topological polar surface area (TPSA) is 40.5 Å². The molecule has 2 atom stereocenters. The van der Waals surface area contributed by atoms with E-state index in [0.717, 1.165) is 5.57 Å². The van der Waals surface area contributed by atoms with Crippen LogP contribution < -0.4 is 0 Å². The average molecular weight is 154 g/mol. The minimum absolute atomic E-state index is 0.370. The van der Waals surface area contributed by atoms with E-state index in [0.29, 0.717) is 19.3 Å². The van der Waals surface area contributed by atoms with E-state index in [4.69, 9.17) is 0 Å². The van der Waals surface area contributed by atoms with E-state index < -0.39 is 0 Å². The van der Waals surface area contributed by atoms with Gasteiger partial charge in [-0.25, -0.2) is 0 Å². The zero-order valence-electron chi connectivity index (χ0n) is 6.53. The number of allylic oxidation sites excluding steroid dienone is 2. The van der Waals surface area contributed by atoms with E-state index in [1.807, 2.05) is 6.08 Å². The predicted octanol–water partition coefficient (Wildman–Crippen LogP) is 1.00. The van der Waals surface area contributed by atoms with Crippen LogP contribution in [0.1, 0.15) is 19.3 Å². The lowest BCUT2D eigenvalue weighted by Gasteiger charge is -2.24. The molecule has 1 aliphatic rings. The number of aliphatic hydroxyl groups excluding tert-OH is 2. The van der Waals surface area contributed by atoms with Crippen LogP contribution in [0.4, 0.5) is 0 Å². The summed E-state index contributed by atoms with van der Waals surface area (Å²) in [6.07, 6.45) is 4.70. The number of hydrogen-bond donors (Lipinski definition) is 2. The Balaban J connectivity index is 2.56. The highest BCUT2D eigenvalue weighted by Gasteiger charge is 2.20. The molecule has 0 bridgehead atoms. The summed E-state index contributed by atoms with van der Waals surface area (Å²) >= 11 is 0. The Bertz CT molecular complexity index is 160. The Labute approximate surface area is 66.9 Å².